The maximum absolute atomic E-state index is 14.1. The quantitative estimate of drug-likeness (QED) is 0.0739. The van der Waals surface area contributed by atoms with Crippen LogP contribution in [0.4, 0.5) is 24.5 Å². The minimum Gasteiger partial charge on any atom is -0.508 e. The number of carbonyl (C=O) groups excluding carboxylic acids is 4. The van der Waals surface area contributed by atoms with E-state index in [2.05, 4.69) is 20.1 Å². The number of hydrogen-bond donors (Lipinski definition) is 6. The van der Waals surface area contributed by atoms with Gasteiger partial charge in [-0.1, -0.05) is 15.9 Å². The highest BCUT2D eigenvalue weighted by atomic mass is 79.9. The van der Waals surface area contributed by atoms with E-state index in [1.165, 1.54) is 33.1 Å². The first-order valence-electron chi connectivity index (χ1n) is 13.1. The molecule has 7 N–H and O–H groups in total. The lowest BCUT2D eigenvalue weighted by Crippen LogP contribution is -2.65. The average molecular weight is 741 g/mol. The van der Waals surface area contributed by atoms with Gasteiger partial charge in [-0.3, -0.25) is 24.1 Å². The maximum Gasteiger partial charge on any atom is 0.534 e. The Labute approximate surface area is 267 Å². The number of phenolic OH excluding ortho intramolecular Hbond substituents is 1. The molecule has 3 aliphatic rings. The molecule has 1 aromatic carbocycles. The standard InChI is InChI=1S/C26H28BrF3N4O11S/c1-33(2)16-9-5-8-6-10-17(34(3)4)20(38)14(24(31)41)23(40)25(10,42)22(39)12(8)18(36)13(9)19(37)15(32-11(35)7-27)21(16)45-46(43,44)26(28,29)30/h8,10,17,36-37,40,42H,5-7H2,1-4H3,(H2,31,41)(H,32,35)/t8?,10?,17-,25?/m0/s1. The molecule has 4 rings (SSSR count). The van der Waals surface area contributed by atoms with Gasteiger partial charge in [-0.2, -0.15) is 21.6 Å². The van der Waals surface area contributed by atoms with Crippen molar-refractivity contribution in [1.29, 1.82) is 0 Å². The molecule has 1 aromatic rings. The zero-order chi connectivity index (χ0) is 35.0. The fourth-order valence-corrected chi connectivity index (χ4v) is 6.95. The van der Waals surface area contributed by atoms with Crippen molar-refractivity contribution in [2.75, 3.05) is 43.7 Å². The number of fused-ring (bicyclic) bond motifs is 3. The average Bonchev–Trinajstić information content (AvgIpc) is 2.91. The van der Waals surface area contributed by atoms with Gasteiger partial charge in [-0.15, -0.1) is 0 Å². The van der Waals surface area contributed by atoms with Crippen molar-refractivity contribution in [1.82, 2.24) is 4.90 Å². The number of phenols is 1. The predicted molar refractivity (Wildman–Crippen MR) is 157 cm³/mol. The molecule has 0 saturated heterocycles. The summed E-state index contributed by atoms with van der Waals surface area (Å²) in [5.41, 5.74) is -7.58. The predicted octanol–water partition coefficient (Wildman–Crippen LogP) is 0.592. The van der Waals surface area contributed by atoms with Crippen LogP contribution in [0, 0.1) is 11.8 Å². The number of primary amides is 1. The molecule has 1 saturated carbocycles. The number of aromatic hydroxyl groups is 1. The Kier molecular flexibility index (Phi) is 8.69. The van der Waals surface area contributed by atoms with Crippen molar-refractivity contribution in [3.8, 4) is 11.5 Å². The van der Waals surface area contributed by atoms with Crippen LogP contribution in [0.3, 0.4) is 0 Å². The second kappa shape index (κ2) is 11.4. The number of nitrogens with two attached hydrogens (primary N) is 1. The molecule has 1 fully saturated rings. The molecule has 0 radical (unpaired) electrons. The largest absolute Gasteiger partial charge is 0.534 e. The van der Waals surface area contributed by atoms with Gasteiger partial charge in [0.15, 0.2) is 22.9 Å². The zero-order valence-corrected chi connectivity index (χ0v) is 26.8. The number of aliphatic hydroxyl groups excluding tert-OH is 2. The maximum atomic E-state index is 14.1. The number of anilines is 2. The lowest BCUT2D eigenvalue weighted by Gasteiger charge is -2.50. The van der Waals surface area contributed by atoms with E-state index >= 15 is 0 Å². The third kappa shape index (κ3) is 5.06. The highest BCUT2D eigenvalue weighted by Crippen LogP contribution is 2.57. The van der Waals surface area contributed by atoms with Gasteiger partial charge in [0.2, 0.25) is 11.7 Å². The van der Waals surface area contributed by atoms with E-state index in [-0.39, 0.29) is 12.0 Å². The minimum absolute atomic E-state index is 0.225. The van der Waals surface area contributed by atoms with E-state index in [1.807, 2.05) is 5.32 Å². The number of likely N-dealkylation sites (N-methyl/N-ethyl adjacent to an activating group) is 1. The van der Waals surface area contributed by atoms with Gasteiger partial charge in [0.25, 0.3) is 5.91 Å². The first-order valence-corrected chi connectivity index (χ1v) is 15.7. The summed E-state index contributed by atoms with van der Waals surface area (Å²) in [5, 5.41) is 47.0. The number of aliphatic hydroxyl groups is 3. The molecule has 20 heteroatoms. The first-order chi connectivity index (χ1) is 21.0. The van der Waals surface area contributed by atoms with E-state index in [1.54, 1.807) is 0 Å². The van der Waals surface area contributed by atoms with Crippen LogP contribution in [0.25, 0.3) is 5.76 Å². The molecule has 252 valence electrons. The number of nitrogens with zero attached hydrogens (tertiary/aromatic N) is 2. The molecular formula is C26H28BrF3N4O11S. The first kappa shape index (κ1) is 35.0. The van der Waals surface area contributed by atoms with Crippen molar-refractivity contribution in [3.05, 3.63) is 28.0 Å². The summed E-state index contributed by atoms with van der Waals surface area (Å²) in [6.45, 7) is 0. The van der Waals surface area contributed by atoms with Gasteiger partial charge in [-0.25, -0.2) is 0 Å². The van der Waals surface area contributed by atoms with E-state index in [0.29, 0.717) is 0 Å². The fraction of sp³-hybridized carbons (Fsp3) is 0.462. The summed E-state index contributed by atoms with van der Waals surface area (Å²) >= 11 is 2.82. The third-order valence-corrected chi connectivity index (χ3v) is 9.59. The highest BCUT2D eigenvalue weighted by molar-refractivity contribution is 9.09. The Balaban J connectivity index is 2.09. The number of ketones is 2. The Hall–Kier alpha value is -3.88. The van der Waals surface area contributed by atoms with Gasteiger partial charge < -0.3 is 40.6 Å². The van der Waals surface area contributed by atoms with Gasteiger partial charge in [0.1, 0.15) is 22.8 Å². The molecule has 0 aliphatic heterocycles. The van der Waals surface area contributed by atoms with E-state index in [0.717, 1.165) is 4.90 Å². The molecule has 0 bridgehead atoms. The molecule has 0 spiro atoms. The normalized spacial score (nSPS) is 24.8. The molecule has 4 atom stereocenters. The summed E-state index contributed by atoms with van der Waals surface area (Å²) in [6.07, 6.45) is -0.788. The van der Waals surface area contributed by atoms with Gasteiger partial charge in [0, 0.05) is 25.6 Å². The van der Waals surface area contributed by atoms with Crippen LogP contribution in [-0.4, -0.2) is 108 Å². The Morgan fingerprint density at radius 1 is 1.15 bits per heavy atom. The summed E-state index contributed by atoms with van der Waals surface area (Å²) in [5.74, 6) is -12.2. The zero-order valence-electron chi connectivity index (χ0n) is 24.4. The highest BCUT2D eigenvalue weighted by Gasteiger charge is 2.64. The lowest BCUT2D eigenvalue weighted by atomic mass is 9.57. The van der Waals surface area contributed by atoms with Crippen LogP contribution < -0.4 is 20.1 Å². The monoisotopic (exact) mass is 740 g/mol. The topological polar surface area (TPSA) is 237 Å². The number of alkyl halides is 4. The number of rotatable bonds is 7. The van der Waals surface area contributed by atoms with Gasteiger partial charge in [-0.05, 0) is 38.4 Å². The number of benzene rings is 1. The molecule has 46 heavy (non-hydrogen) atoms. The van der Waals surface area contributed by atoms with Crippen LogP contribution in [0.2, 0.25) is 0 Å². The number of halogens is 4. The number of hydrogen-bond acceptors (Lipinski definition) is 13. The molecule has 3 unspecified atom stereocenters. The van der Waals surface area contributed by atoms with Crippen molar-refractivity contribution in [3.63, 3.8) is 0 Å². The lowest BCUT2D eigenvalue weighted by molar-refractivity contribution is -0.153. The van der Waals surface area contributed by atoms with E-state index in [4.69, 9.17) is 5.73 Å². The SMILES string of the molecule is CN(C)c1c2c(c(O)c(NC(=O)CBr)c1OS(=O)(=O)C(F)(F)F)C(O)=C1C(=O)C3(O)C(O)=C(C(N)=O)C(=O)[C@@H](N(C)C)C3CC1C2. The Morgan fingerprint density at radius 3 is 2.22 bits per heavy atom. The van der Waals surface area contributed by atoms with Gasteiger partial charge >= 0.3 is 15.6 Å². The van der Waals surface area contributed by atoms with E-state index < -0.39 is 125 Å². The van der Waals surface area contributed by atoms with Crippen LogP contribution in [0.1, 0.15) is 17.5 Å². The number of amides is 2. The molecule has 15 nitrogen and oxygen atoms in total. The van der Waals surface area contributed by atoms with Crippen LogP contribution >= 0.6 is 15.9 Å². The van der Waals surface area contributed by atoms with Crippen LogP contribution in [0.15, 0.2) is 16.9 Å². The molecular weight excluding hydrogens is 713 g/mol. The van der Waals surface area contributed by atoms with E-state index in [9.17, 15) is 61.2 Å². The second-order valence-electron chi connectivity index (χ2n) is 11.3. The summed E-state index contributed by atoms with van der Waals surface area (Å²) in [7, 11) is -1.10. The minimum atomic E-state index is -6.40. The fourth-order valence-electron chi connectivity index (χ4n) is 6.34. The Morgan fingerprint density at radius 2 is 1.74 bits per heavy atom. The number of Topliss-reactive ketones (excluding diaryl/α,β-unsaturated/α-hetero) is 2. The summed E-state index contributed by atoms with van der Waals surface area (Å²) < 4.78 is 69.1. The summed E-state index contributed by atoms with van der Waals surface area (Å²) in [4.78, 5) is 54.1. The number of nitrogens with one attached hydrogen (secondary N) is 1. The Bertz CT molecular complexity index is 1760. The van der Waals surface area contributed by atoms with Crippen molar-refractivity contribution < 1.29 is 65.4 Å². The third-order valence-electron chi connectivity index (χ3n) is 8.13. The molecule has 0 heterocycles. The van der Waals surface area contributed by atoms with Crippen LogP contribution in [0.5, 0.6) is 11.5 Å². The van der Waals surface area contributed by atoms with Crippen molar-refractivity contribution >= 4 is 66.6 Å². The van der Waals surface area contributed by atoms with Crippen LogP contribution in [-0.2, 0) is 35.7 Å². The summed E-state index contributed by atoms with van der Waals surface area (Å²) in [6, 6.07) is -1.41. The molecule has 3 aliphatic carbocycles. The smallest absolute Gasteiger partial charge is 0.508 e. The van der Waals surface area contributed by atoms with Gasteiger partial charge in [0.05, 0.1) is 22.6 Å². The molecule has 0 aromatic heterocycles. The van der Waals surface area contributed by atoms with Crippen molar-refractivity contribution in [2.45, 2.75) is 30.0 Å². The molecule has 2 amide bonds. The second-order valence-corrected chi connectivity index (χ2v) is 13.4. The van der Waals surface area contributed by atoms with Crippen molar-refractivity contribution in [2.24, 2.45) is 17.6 Å². The number of carbonyl (C=O) groups is 4.